The fraction of sp³-hybridized carbons (Fsp3) is 0.786. The van der Waals surface area contributed by atoms with Gasteiger partial charge in [0.25, 0.3) is 0 Å². The predicted molar refractivity (Wildman–Crippen MR) is 68.6 cm³/mol. The van der Waals surface area contributed by atoms with Gasteiger partial charge >= 0.3 is 6.18 Å². The van der Waals surface area contributed by atoms with Gasteiger partial charge in [0.05, 0.1) is 5.69 Å². The average molecular weight is 285 g/mol. The first-order valence-electron chi connectivity index (χ1n) is 7.42. The normalized spacial score (nSPS) is 36.0. The lowest BCUT2D eigenvalue weighted by Crippen LogP contribution is -2.34. The van der Waals surface area contributed by atoms with Crippen LogP contribution in [0.1, 0.15) is 49.8 Å². The van der Waals surface area contributed by atoms with Gasteiger partial charge in [-0.25, -0.2) is 4.68 Å². The third-order valence-corrected chi connectivity index (χ3v) is 5.27. The molecule has 6 heteroatoms. The minimum absolute atomic E-state index is 0.0638. The van der Waals surface area contributed by atoms with Crippen LogP contribution in [0.15, 0.2) is 6.07 Å². The summed E-state index contributed by atoms with van der Waals surface area (Å²) in [7, 11) is 0. The van der Waals surface area contributed by atoms with Crippen LogP contribution >= 0.6 is 0 Å². The topological polar surface area (TPSA) is 29.9 Å². The first-order valence-corrected chi connectivity index (χ1v) is 7.42. The maximum absolute atomic E-state index is 13.1. The third-order valence-electron chi connectivity index (χ3n) is 5.27. The van der Waals surface area contributed by atoms with Gasteiger partial charge in [-0.1, -0.05) is 6.42 Å². The van der Waals surface area contributed by atoms with E-state index in [0.717, 1.165) is 18.0 Å². The van der Waals surface area contributed by atoms with Crippen molar-refractivity contribution in [3.63, 3.8) is 0 Å². The maximum atomic E-state index is 13.1. The highest BCUT2D eigenvalue weighted by Crippen LogP contribution is 2.53. The molecule has 0 saturated heterocycles. The van der Waals surface area contributed by atoms with Gasteiger partial charge < -0.3 is 5.32 Å². The van der Waals surface area contributed by atoms with E-state index in [2.05, 4.69) is 10.4 Å². The van der Waals surface area contributed by atoms with Crippen molar-refractivity contribution < 1.29 is 13.2 Å². The lowest BCUT2D eigenvalue weighted by atomic mass is 9.86. The molecule has 1 aliphatic heterocycles. The van der Waals surface area contributed by atoms with Crippen molar-refractivity contribution in [3.05, 3.63) is 11.8 Å². The molecule has 3 nitrogen and oxygen atoms in total. The molecule has 1 aromatic rings. The lowest BCUT2D eigenvalue weighted by molar-refractivity contribution is -0.171. The van der Waals surface area contributed by atoms with Gasteiger partial charge in [0, 0.05) is 18.5 Å². The summed E-state index contributed by atoms with van der Waals surface area (Å²) in [5, 5.41) is 7.39. The molecule has 1 N–H and O–H groups in total. The molecular formula is C14H18F3N3. The number of nitrogens with zero attached hydrogens (tertiary/aromatic N) is 2. The number of hydrogen-bond acceptors (Lipinski definition) is 2. The Morgan fingerprint density at radius 3 is 2.70 bits per heavy atom. The van der Waals surface area contributed by atoms with Crippen LogP contribution in [-0.4, -0.2) is 22.5 Å². The van der Waals surface area contributed by atoms with Crippen molar-refractivity contribution in [2.24, 2.45) is 11.8 Å². The fourth-order valence-electron chi connectivity index (χ4n) is 4.33. The summed E-state index contributed by atoms with van der Waals surface area (Å²) in [6.07, 6.45) is 0.704. The highest BCUT2D eigenvalue weighted by Gasteiger charge is 2.46. The van der Waals surface area contributed by atoms with Gasteiger partial charge in [-0.15, -0.1) is 0 Å². The monoisotopic (exact) mass is 285 g/mol. The van der Waals surface area contributed by atoms with Gasteiger partial charge in [-0.05, 0) is 37.5 Å². The highest BCUT2D eigenvalue weighted by molar-refractivity contribution is 5.41. The highest BCUT2D eigenvalue weighted by atomic mass is 19.4. The van der Waals surface area contributed by atoms with Crippen molar-refractivity contribution >= 4 is 5.82 Å². The number of rotatable bonds is 1. The molecule has 4 rings (SSSR count). The van der Waals surface area contributed by atoms with Gasteiger partial charge in [0.1, 0.15) is 5.82 Å². The Balaban J connectivity index is 1.66. The zero-order valence-electron chi connectivity index (χ0n) is 11.2. The Kier molecular flexibility index (Phi) is 2.60. The van der Waals surface area contributed by atoms with E-state index in [4.69, 9.17) is 0 Å². The molecule has 2 aliphatic carbocycles. The smallest absolute Gasteiger partial charge is 0.370 e. The second kappa shape index (κ2) is 4.15. The summed E-state index contributed by atoms with van der Waals surface area (Å²) in [5.74, 6) is 2.33. The first kappa shape index (κ1) is 12.5. The second-order valence-electron chi connectivity index (χ2n) is 6.45. The summed E-state index contributed by atoms with van der Waals surface area (Å²) in [5.41, 5.74) is 0.871. The third kappa shape index (κ3) is 1.84. The quantitative estimate of drug-likeness (QED) is 0.852. The molecule has 0 aromatic carbocycles. The number of aromatic nitrogens is 2. The van der Waals surface area contributed by atoms with Crippen LogP contribution in [0, 0.1) is 11.8 Å². The van der Waals surface area contributed by atoms with E-state index < -0.39 is 12.2 Å². The van der Waals surface area contributed by atoms with E-state index in [-0.39, 0.29) is 6.42 Å². The van der Waals surface area contributed by atoms with Crippen LogP contribution in [-0.2, 0) is 0 Å². The van der Waals surface area contributed by atoms with Crippen LogP contribution in [0.25, 0.3) is 0 Å². The minimum atomic E-state index is -4.21. The Morgan fingerprint density at radius 2 is 2.05 bits per heavy atom. The van der Waals surface area contributed by atoms with E-state index in [0.29, 0.717) is 24.2 Å². The van der Waals surface area contributed by atoms with Crippen molar-refractivity contribution in [2.45, 2.75) is 50.2 Å². The summed E-state index contributed by atoms with van der Waals surface area (Å²) in [6, 6.07) is 0.384. The van der Waals surface area contributed by atoms with Gasteiger partial charge in [-0.2, -0.15) is 18.3 Å². The molecule has 110 valence electrons. The average Bonchev–Trinajstić information content (AvgIpc) is 3.10. The van der Waals surface area contributed by atoms with Gasteiger partial charge in [0.2, 0.25) is 0 Å². The molecule has 0 spiro atoms. The van der Waals surface area contributed by atoms with Crippen molar-refractivity contribution in [2.75, 3.05) is 11.9 Å². The number of alkyl halides is 3. The minimum Gasteiger partial charge on any atom is -0.370 e. The van der Waals surface area contributed by atoms with Gasteiger partial charge in [0.15, 0.2) is 6.04 Å². The van der Waals surface area contributed by atoms with E-state index in [1.807, 2.05) is 6.07 Å². The number of anilines is 1. The molecule has 4 unspecified atom stereocenters. The maximum Gasteiger partial charge on any atom is 0.410 e. The second-order valence-corrected chi connectivity index (χ2v) is 6.45. The van der Waals surface area contributed by atoms with Crippen molar-refractivity contribution in [1.29, 1.82) is 0 Å². The summed E-state index contributed by atoms with van der Waals surface area (Å²) >= 11 is 0. The van der Waals surface area contributed by atoms with Crippen LogP contribution in [0.4, 0.5) is 19.0 Å². The molecular weight excluding hydrogens is 267 g/mol. The van der Waals surface area contributed by atoms with Crippen molar-refractivity contribution in [1.82, 2.24) is 9.78 Å². The van der Waals surface area contributed by atoms with Crippen LogP contribution in [0.3, 0.4) is 0 Å². The Morgan fingerprint density at radius 1 is 1.20 bits per heavy atom. The Bertz CT molecular complexity index is 522. The number of fused-ring (bicyclic) bond motifs is 3. The Labute approximate surface area is 115 Å². The van der Waals surface area contributed by atoms with Crippen LogP contribution in [0.2, 0.25) is 0 Å². The molecule has 2 heterocycles. The summed E-state index contributed by atoms with van der Waals surface area (Å²) in [6.45, 7) is 0.367. The van der Waals surface area contributed by atoms with E-state index >= 15 is 0 Å². The molecule has 2 bridgehead atoms. The standard InChI is InChI=1S/C14H18F3N3/c15-14(16,17)12-3-4-18-13-7-11(19-20(12)13)10-6-8-1-2-9(10)5-8/h7-10,12,18H,1-6H2. The van der Waals surface area contributed by atoms with Crippen molar-refractivity contribution in [3.8, 4) is 0 Å². The largest absolute Gasteiger partial charge is 0.410 e. The number of hydrogen-bond donors (Lipinski definition) is 1. The molecule has 2 fully saturated rings. The molecule has 4 atom stereocenters. The zero-order chi connectivity index (χ0) is 13.9. The summed E-state index contributed by atoms with van der Waals surface area (Å²) in [4.78, 5) is 0. The summed E-state index contributed by atoms with van der Waals surface area (Å²) < 4.78 is 40.4. The van der Waals surface area contributed by atoms with Crippen LogP contribution in [0.5, 0.6) is 0 Å². The fourth-order valence-corrected chi connectivity index (χ4v) is 4.33. The van der Waals surface area contributed by atoms with Crippen LogP contribution < -0.4 is 5.32 Å². The predicted octanol–water partition coefficient (Wildman–Crippen LogP) is 3.71. The number of nitrogens with one attached hydrogen (secondary N) is 1. The molecule has 0 amide bonds. The van der Waals surface area contributed by atoms with E-state index in [1.54, 1.807) is 0 Å². The van der Waals surface area contributed by atoms with Gasteiger partial charge in [-0.3, -0.25) is 0 Å². The SMILES string of the molecule is FC(F)(F)C1CCNc2cc(C3CC4CCC3C4)nn21. The molecule has 3 aliphatic rings. The molecule has 1 aromatic heterocycles. The number of halogens is 3. The molecule has 0 radical (unpaired) electrons. The lowest BCUT2D eigenvalue weighted by Gasteiger charge is -2.27. The van der Waals surface area contributed by atoms with E-state index in [9.17, 15) is 13.2 Å². The molecule has 20 heavy (non-hydrogen) atoms. The first-order chi connectivity index (χ1) is 9.52. The molecule has 2 saturated carbocycles. The Hall–Kier alpha value is -1.20. The zero-order valence-corrected chi connectivity index (χ0v) is 11.2. The van der Waals surface area contributed by atoms with E-state index in [1.165, 1.54) is 23.9 Å².